The number of thiophene rings is 1. The molecule has 4 rings (SSSR count). The topological polar surface area (TPSA) is 77.1 Å². The van der Waals surface area contributed by atoms with Crippen LogP contribution in [0.25, 0.3) is 0 Å². The van der Waals surface area contributed by atoms with Crippen molar-refractivity contribution in [3.8, 4) is 17.2 Å². The van der Waals surface area contributed by atoms with Gasteiger partial charge in [-0.25, -0.2) is 0 Å². The minimum atomic E-state index is -0.600. The van der Waals surface area contributed by atoms with E-state index < -0.39 is 12.0 Å². The Bertz CT molecular complexity index is 1190. The van der Waals surface area contributed by atoms with Crippen LogP contribution in [0.3, 0.4) is 0 Å². The van der Waals surface area contributed by atoms with Gasteiger partial charge in [-0.3, -0.25) is 9.59 Å². The van der Waals surface area contributed by atoms with Crippen molar-refractivity contribution < 1.29 is 23.8 Å². The second-order valence-corrected chi connectivity index (χ2v) is 9.62. The average molecular weight is 509 g/mol. The molecule has 0 fully saturated rings. The number of ether oxygens (including phenoxy) is 3. The molecule has 0 spiro atoms. The van der Waals surface area contributed by atoms with Crippen LogP contribution in [0.4, 0.5) is 0 Å². The Balaban J connectivity index is 1.80. The Morgan fingerprint density at radius 2 is 1.75 bits per heavy atom. The van der Waals surface area contributed by atoms with Gasteiger partial charge in [0.15, 0.2) is 11.5 Å². The molecule has 0 saturated carbocycles. The molecule has 2 aromatic carbocycles. The van der Waals surface area contributed by atoms with Crippen LogP contribution in [0.2, 0.25) is 0 Å². The molecule has 1 N–H and O–H groups in total. The lowest BCUT2D eigenvalue weighted by atomic mass is 9.79. The molecule has 0 unspecified atom stereocenters. The SMILES string of the molecule is CCCN1C(=O)c2ccccc2[C@@H](C(=O)NCCc2cccs2)[C@@H]1c1cc(OC)c(OC)c(OC)c1. The summed E-state index contributed by atoms with van der Waals surface area (Å²) in [6, 6.07) is 14.6. The van der Waals surface area contributed by atoms with E-state index in [0.717, 1.165) is 24.0 Å². The summed E-state index contributed by atoms with van der Waals surface area (Å²) >= 11 is 1.67. The summed E-state index contributed by atoms with van der Waals surface area (Å²) in [6.07, 6.45) is 1.51. The molecule has 3 aromatic rings. The van der Waals surface area contributed by atoms with Gasteiger partial charge in [0.2, 0.25) is 11.7 Å². The smallest absolute Gasteiger partial charge is 0.254 e. The Kier molecular flexibility index (Phi) is 8.15. The molecule has 1 aliphatic heterocycles. The van der Waals surface area contributed by atoms with Gasteiger partial charge in [-0.15, -0.1) is 11.3 Å². The van der Waals surface area contributed by atoms with Crippen molar-refractivity contribution in [1.29, 1.82) is 0 Å². The van der Waals surface area contributed by atoms with Crippen molar-refractivity contribution >= 4 is 23.2 Å². The second-order valence-electron chi connectivity index (χ2n) is 8.59. The molecule has 190 valence electrons. The summed E-state index contributed by atoms with van der Waals surface area (Å²) < 4.78 is 16.7. The van der Waals surface area contributed by atoms with Crippen LogP contribution in [0.15, 0.2) is 53.9 Å². The number of carbonyl (C=O) groups excluding carboxylic acids is 2. The Hall–Kier alpha value is -3.52. The molecule has 2 atom stereocenters. The Morgan fingerprint density at radius 3 is 2.36 bits per heavy atom. The largest absolute Gasteiger partial charge is 0.493 e. The van der Waals surface area contributed by atoms with Crippen molar-refractivity contribution in [3.05, 3.63) is 75.5 Å². The molecule has 0 radical (unpaired) electrons. The van der Waals surface area contributed by atoms with Crippen LogP contribution < -0.4 is 19.5 Å². The summed E-state index contributed by atoms with van der Waals surface area (Å²) in [5.74, 6) is 0.611. The quantitative estimate of drug-likeness (QED) is 0.425. The van der Waals surface area contributed by atoms with Crippen molar-refractivity contribution in [2.75, 3.05) is 34.4 Å². The molecular formula is C28H32N2O5S. The molecule has 0 aliphatic carbocycles. The van der Waals surface area contributed by atoms with E-state index in [0.29, 0.717) is 35.9 Å². The predicted octanol–water partition coefficient (Wildman–Crippen LogP) is 4.82. The van der Waals surface area contributed by atoms with Crippen LogP contribution >= 0.6 is 11.3 Å². The van der Waals surface area contributed by atoms with Crippen LogP contribution in [0.5, 0.6) is 17.2 Å². The molecule has 1 aromatic heterocycles. The fourth-order valence-corrected chi connectivity index (χ4v) is 5.59. The summed E-state index contributed by atoms with van der Waals surface area (Å²) in [6.45, 7) is 3.05. The number of benzene rings is 2. The monoisotopic (exact) mass is 508 g/mol. The first-order valence-electron chi connectivity index (χ1n) is 12.0. The molecule has 2 amide bonds. The van der Waals surface area contributed by atoms with Gasteiger partial charge in [0, 0.05) is 23.5 Å². The number of methoxy groups -OCH3 is 3. The first-order chi connectivity index (χ1) is 17.5. The van der Waals surface area contributed by atoms with Crippen molar-refractivity contribution in [2.45, 2.75) is 31.7 Å². The molecular weight excluding hydrogens is 476 g/mol. The van der Waals surface area contributed by atoms with Gasteiger partial charge < -0.3 is 24.4 Å². The minimum Gasteiger partial charge on any atom is -0.493 e. The lowest BCUT2D eigenvalue weighted by molar-refractivity contribution is -0.124. The van der Waals surface area contributed by atoms with E-state index in [2.05, 4.69) is 11.4 Å². The van der Waals surface area contributed by atoms with E-state index >= 15 is 0 Å². The van der Waals surface area contributed by atoms with Gasteiger partial charge in [-0.1, -0.05) is 31.2 Å². The van der Waals surface area contributed by atoms with E-state index in [1.165, 1.54) is 4.88 Å². The molecule has 8 heteroatoms. The van der Waals surface area contributed by atoms with Crippen LogP contribution in [0, 0.1) is 0 Å². The highest BCUT2D eigenvalue weighted by Gasteiger charge is 2.44. The lowest BCUT2D eigenvalue weighted by Gasteiger charge is -2.42. The number of rotatable bonds is 10. The highest BCUT2D eigenvalue weighted by Crippen LogP contribution is 2.47. The van der Waals surface area contributed by atoms with Gasteiger partial charge in [-0.05, 0) is 53.6 Å². The zero-order valence-corrected chi connectivity index (χ0v) is 21.9. The molecule has 7 nitrogen and oxygen atoms in total. The Labute approximate surface area is 216 Å². The molecule has 1 aliphatic rings. The maximum absolute atomic E-state index is 13.8. The third-order valence-electron chi connectivity index (χ3n) is 6.46. The molecule has 0 bridgehead atoms. The highest BCUT2D eigenvalue weighted by molar-refractivity contribution is 7.09. The summed E-state index contributed by atoms with van der Waals surface area (Å²) in [5, 5.41) is 5.16. The number of nitrogens with one attached hydrogen (secondary N) is 1. The third kappa shape index (κ3) is 4.91. The zero-order valence-electron chi connectivity index (χ0n) is 21.1. The van der Waals surface area contributed by atoms with E-state index in [1.807, 2.05) is 48.7 Å². The number of carbonyl (C=O) groups is 2. The van der Waals surface area contributed by atoms with E-state index in [-0.39, 0.29) is 11.8 Å². The normalized spacial score (nSPS) is 16.9. The standard InChI is InChI=1S/C28H32N2O5S/c1-5-14-30-25(18-16-22(33-2)26(35-4)23(17-18)34-3)24(20-10-6-7-11-21(20)28(30)32)27(31)29-13-12-19-9-8-15-36-19/h6-11,15-17,24-25H,5,12-14H2,1-4H3,(H,29,31)/t24-,25+/m1/s1. The predicted molar refractivity (Wildman–Crippen MR) is 140 cm³/mol. The zero-order chi connectivity index (χ0) is 25.7. The van der Waals surface area contributed by atoms with Gasteiger partial charge in [-0.2, -0.15) is 0 Å². The highest BCUT2D eigenvalue weighted by atomic mass is 32.1. The van der Waals surface area contributed by atoms with Gasteiger partial charge in [0.05, 0.1) is 33.3 Å². The summed E-state index contributed by atoms with van der Waals surface area (Å²) in [5.41, 5.74) is 2.04. The first-order valence-corrected chi connectivity index (χ1v) is 12.9. The maximum Gasteiger partial charge on any atom is 0.254 e. The van der Waals surface area contributed by atoms with Crippen LogP contribution in [-0.4, -0.2) is 51.1 Å². The second kappa shape index (κ2) is 11.5. The number of hydrogen-bond donors (Lipinski definition) is 1. The van der Waals surface area contributed by atoms with Gasteiger partial charge in [0.1, 0.15) is 0 Å². The molecule has 2 heterocycles. The van der Waals surface area contributed by atoms with Crippen LogP contribution in [0.1, 0.15) is 51.7 Å². The lowest BCUT2D eigenvalue weighted by Crippen LogP contribution is -2.47. The third-order valence-corrected chi connectivity index (χ3v) is 7.40. The summed E-state index contributed by atoms with van der Waals surface area (Å²) in [4.78, 5) is 30.5. The van der Waals surface area contributed by atoms with E-state index in [9.17, 15) is 9.59 Å². The van der Waals surface area contributed by atoms with Gasteiger partial charge >= 0.3 is 0 Å². The summed E-state index contributed by atoms with van der Waals surface area (Å²) in [7, 11) is 4.66. The first kappa shape index (κ1) is 25.6. The van der Waals surface area contributed by atoms with Crippen molar-refractivity contribution in [1.82, 2.24) is 10.2 Å². The fourth-order valence-electron chi connectivity index (χ4n) is 4.88. The maximum atomic E-state index is 13.8. The number of nitrogens with zero attached hydrogens (tertiary/aromatic N) is 1. The number of hydrogen-bond acceptors (Lipinski definition) is 6. The fraction of sp³-hybridized carbons (Fsp3) is 0.357. The number of fused-ring (bicyclic) bond motifs is 1. The molecule has 0 saturated heterocycles. The number of amides is 2. The van der Waals surface area contributed by atoms with E-state index in [4.69, 9.17) is 14.2 Å². The molecule has 36 heavy (non-hydrogen) atoms. The van der Waals surface area contributed by atoms with E-state index in [1.54, 1.807) is 43.6 Å². The van der Waals surface area contributed by atoms with Crippen molar-refractivity contribution in [3.63, 3.8) is 0 Å². The van der Waals surface area contributed by atoms with Crippen LogP contribution in [-0.2, 0) is 11.2 Å². The Morgan fingerprint density at radius 1 is 1.03 bits per heavy atom. The van der Waals surface area contributed by atoms with Gasteiger partial charge in [0.25, 0.3) is 5.91 Å². The minimum absolute atomic E-state index is 0.0890. The average Bonchev–Trinajstić information content (AvgIpc) is 3.42. The van der Waals surface area contributed by atoms with Crippen molar-refractivity contribution in [2.24, 2.45) is 0 Å².